The van der Waals surface area contributed by atoms with Crippen LogP contribution in [0.1, 0.15) is 13.3 Å². The van der Waals surface area contributed by atoms with E-state index < -0.39 is 12.8 Å². The van der Waals surface area contributed by atoms with E-state index in [2.05, 4.69) is 10.1 Å². The molecule has 0 saturated carbocycles. The number of anilines is 2. The van der Waals surface area contributed by atoms with Gasteiger partial charge in [-0.3, -0.25) is 0 Å². The normalized spacial score (nSPS) is 11.4. The van der Waals surface area contributed by atoms with E-state index in [0.29, 0.717) is 23.7 Å². The molecular formula is C13H19F3N2O2. The Morgan fingerprint density at radius 3 is 2.60 bits per heavy atom. The summed E-state index contributed by atoms with van der Waals surface area (Å²) in [5.41, 5.74) is 6.93. The number of ether oxygens (including phenoxy) is 2. The van der Waals surface area contributed by atoms with Gasteiger partial charge in [0.1, 0.15) is 12.4 Å². The molecule has 0 aliphatic rings. The van der Waals surface area contributed by atoms with Crippen molar-refractivity contribution in [1.82, 2.24) is 0 Å². The Hall–Kier alpha value is -1.63. The first-order valence-corrected chi connectivity index (χ1v) is 6.32. The summed E-state index contributed by atoms with van der Waals surface area (Å²) in [6.45, 7) is 1.55. The van der Waals surface area contributed by atoms with E-state index >= 15 is 0 Å². The van der Waals surface area contributed by atoms with Gasteiger partial charge in [-0.2, -0.15) is 13.2 Å². The van der Waals surface area contributed by atoms with E-state index in [1.54, 1.807) is 18.2 Å². The largest absolute Gasteiger partial charge is 0.493 e. The molecule has 1 rings (SSSR count). The predicted octanol–water partition coefficient (Wildman–Crippen LogP) is 3.05. The number of hydrogen-bond donors (Lipinski definition) is 2. The molecule has 0 amide bonds. The molecule has 0 bridgehead atoms. The van der Waals surface area contributed by atoms with E-state index in [1.165, 1.54) is 0 Å². The molecule has 0 radical (unpaired) electrons. The second-order valence-electron chi connectivity index (χ2n) is 4.23. The summed E-state index contributed by atoms with van der Waals surface area (Å²) in [6, 6.07) is 5.12. The van der Waals surface area contributed by atoms with Crippen molar-refractivity contribution in [2.75, 3.05) is 37.4 Å². The van der Waals surface area contributed by atoms with Gasteiger partial charge in [-0.05, 0) is 12.5 Å². The van der Waals surface area contributed by atoms with Crippen LogP contribution in [0.4, 0.5) is 24.5 Å². The molecule has 20 heavy (non-hydrogen) atoms. The van der Waals surface area contributed by atoms with Crippen molar-refractivity contribution in [3.63, 3.8) is 0 Å². The molecule has 0 atom stereocenters. The standard InChI is InChI=1S/C13H19F3N2O2/c1-2-4-20-12-7-10(17)6-11(8-12)18-3-5-19-9-13(14,15)16/h6-8,18H,2-5,9,17H2,1H3. The lowest BCUT2D eigenvalue weighted by Crippen LogP contribution is -2.20. The van der Waals surface area contributed by atoms with Crippen LogP contribution in [0.5, 0.6) is 5.75 Å². The van der Waals surface area contributed by atoms with Gasteiger partial charge >= 0.3 is 6.18 Å². The van der Waals surface area contributed by atoms with Crippen molar-refractivity contribution in [3.05, 3.63) is 18.2 Å². The first-order valence-electron chi connectivity index (χ1n) is 6.32. The second-order valence-corrected chi connectivity index (χ2v) is 4.23. The molecule has 1 aromatic carbocycles. The van der Waals surface area contributed by atoms with Crippen LogP contribution < -0.4 is 15.8 Å². The smallest absolute Gasteiger partial charge is 0.411 e. The van der Waals surface area contributed by atoms with Crippen molar-refractivity contribution in [2.45, 2.75) is 19.5 Å². The number of rotatable bonds is 8. The van der Waals surface area contributed by atoms with Gasteiger partial charge in [-0.25, -0.2) is 0 Å². The fraction of sp³-hybridized carbons (Fsp3) is 0.538. The maximum Gasteiger partial charge on any atom is 0.411 e. The summed E-state index contributed by atoms with van der Waals surface area (Å²) in [5.74, 6) is 0.630. The minimum atomic E-state index is -4.29. The highest BCUT2D eigenvalue weighted by atomic mass is 19.4. The highest BCUT2D eigenvalue weighted by Gasteiger charge is 2.27. The van der Waals surface area contributed by atoms with Crippen LogP contribution in [0.25, 0.3) is 0 Å². The van der Waals surface area contributed by atoms with Gasteiger partial charge in [0.25, 0.3) is 0 Å². The van der Waals surface area contributed by atoms with Gasteiger partial charge in [0.2, 0.25) is 0 Å². The number of hydrogen-bond acceptors (Lipinski definition) is 4. The number of nitrogens with one attached hydrogen (secondary N) is 1. The Bertz CT molecular complexity index is 411. The van der Waals surface area contributed by atoms with Crippen molar-refractivity contribution in [1.29, 1.82) is 0 Å². The van der Waals surface area contributed by atoms with Gasteiger partial charge in [-0.1, -0.05) is 6.92 Å². The van der Waals surface area contributed by atoms with Crippen LogP contribution in [0.2, 0.25) is 0 Å². The zero-order chi connectivity index (χ0) is 15.0. The molecule has 0 aromatic heterocycles. The zero-order valence-electron chi connectivity index (χ0n) is 11.3. The van der Waals surface area contributed by atoms with Crippen LogP contribution in [0.15, 0.2) is 18.2 Å². The second kappa shape index (κ2) is 7.84. The van der Waals surface area contributed by atoms with Crippen LogP contribution >= 0.6 is 0 Å². The SMILES string of the molecule is CCCOc1cc(N)cc(NCCOCC(F)(F)F)c1. The average Bonchev–Trinajstić information content (AvgIpc) is 2.34. The van der Waals surface area contributed by atoms with Gasteiger partial charge < -0.3 is 20.5 Å². The number of nitrogen functional groups attached to an aromatic ring is 1. The molecule has 0 heterocycles. The maximum atomic E-state index is 11.9. The Morgan fingerprint density at radius 1 is 1.20 bits per heavy atom. The molecule has 0 saturated heterocycles. The molecule has 0 aliphatic heterocycles. The van der Waals surface area contributed by atoms with Crippen LogP contribution in [0, 0.1) is 0 Å². The van der Waals surface area contributed by atoms with E-state index in [9.17, 15) is 13.2 Å². The fourth-order valence-corrected chi connectivity index (χ4v) is 1.48. The zero-order valence-corrected chi connectivity index (χ0v) is 11.3. The Kier molecular flexibility index (Phi) is 6.44. The topological polar surface area (TPSA) is 56.5 Å². The third-order valence-electron chi connectivity index (χ3n) is 2.24. The fourth-order valence-electron chi connectivity index (χ4n) is 1.48. The summed E-state index contributed by atoms with van der Waals surface area (Å²) in [7, 11) is 0. The minimum absolute atomic E-state index is 0.0422. The summed E-state index contributed by atoms with van der Waals surface area (Å²) >= 11 is 0. The maximum absolute atomic E-state index is 11.9. The third kappa shape index (κ3) is 7.08. The van der Waals surface area contributed by atoms with E-state index in [-0.39, 0.29) is 13.2 Å². The third-order valence-corrected chi connectivity index (χ3v) is 2.24. The van der Waals surface area contributed by atoms with Crippen LogP contribution in [-0.2, 0) is 4.74 Å². The lowest BCUT2D eigenvalue weighted by atomic mass is 10.2. The summed E-state index contributed by atoms with van der Waals surface area (Å²) < 4.78 is 45.5. The molecule has 0 unspecified atom stereocenters. The van der Waals surface area contributed by atoms with Gasteiger partial charge in [0, 0.05) is 30.1 Å². The molecule has 1 aromatic rings. The number of benzene rings is 1. The quantitative estimate of drug-likeness (QED) is 0.571. The first kappa shape index (κ1) is 16.4. The molecule has 4 nitrogen and oxygen atoms in total. The molecule has 3 N–H and O–H groups in total. The predicted molar refractivity (Wildman–Crippen MR) is 72.0 cm³/mol. The number of nitrogens with two attached hydrogens (primary N) is 1. The average molecular weight is 292 g/mol. The van der Waals surface area contributed by atoms with Crippen molar-refractivity contribution in [3.8, 4) is 5.75 Å². The van der Waals surface area contributed by atoms with Gasteiger partial charge in [0.05, 0.1) is 13.2 Å². The molecule has 114 valence electrons. The van der Waals surface area contributed by atoms with Crippen LogP contribution in [0.3, 0.4) is 0 Å². The Morgan fingerprint density at radius 2 is 1.95 bits per heavy atom. The Balaban J connectivity index is 2.37. The monoisotopic (exact) mass is 292 g/mol. The highest BCUT2D eigenvalue weighted by Crippen LogP contribution is 2.22. The first-order chi connectivity index (χ1) is 9.40. The van der Waals surface area contributed by atoms with Crippen LogP contribution in [-0.4, -0.2) is 32.5 Å². The molecule has 0 fully saturated rings. The minimum Gasteiger partial charge on any atom is -0.493 e. The van der Waals surface area contributed by atoms with E-state index in [4.69, 9.17) is 10.5 Å². The van der Waals surface area contributed by atoms with Gasteiger partial charge in [0.15, 0.2) is 0 Å². The highest BCUT2D eigenvalue weighted by molar-refractivity contribution is 5.59. The van der Waals surface area contributed by atoms with Crippen molar-refractivity contribution in [2.24, 2.45) is 0 Å². The van der Waals surface area contributed by atoms with E-state index in [1.807, 2.05) is 6.92 Å². The van der Waals surface area contributed by atoms with Crippen molar-refractivity contribution >= 4 is 11.4 Å². The van der Waals surface area contributed by atoms with Gasteiger partial charge in [-0.15, -0.1) is 0 Å². The summed E-state index contributed by atoms with van der Waals surface area (Å²) in [6.07, 6.45) is -3.42. The summed E-state index contributed by atoms with van der Waals surface area (Å²) in [4.78, 5) is 0. The summed E-state index contributed by atoms with van der Waals surface area (Å²) in [5, 5.41) is 2.94. The molecular weight excluding hydrogens is 273 g/mol. The Labute approximate surface area is 116 Å². The van der Waals surface area contributed by atoms with Crippen molar-refractivity contribution < 1.29 is 22.6 Å². The lowest BCUT2D eigenvalue weighted by Gasteiger charge is -2.12. The van der Waals surface area contributed by atoms with E-state index in [0.717, 1.165) is 6.42 Å². The molecule has 7 heteroatoms. The number of halogens is 3. The lowest BCUT2D eigenvalue weighted by molar-refractivity contribution is -0.172. The molecule has 0 aliphatic carbocycles. The number of alkyl halides is 3. The molecule has 0 spiro atoms.